The molecule has 13 heteroatoms. The first-order valence-electron chi connectivity index (χ1n) is 11.8. The van der Waals surface area contributed by atoms with Crippen LogP contribution in [-0.2, 0) is 28.6 Å². The molecule has 0 radical (unpaired) electrons. The van der Waals surface area contributed by atoms with Crippen LogP contribution in [0.5, 0.6) is 5.75 Å². The molecule has 0 bridgehead atoms. The van der Waals surface area contributed by atoms with Gasteiger partial charge in [0.05, 0.1) is 13.4 Å². The molecule has 0 aliphatic carbocycles. The average Bonchev–Trinajstić information content (AvgIpc) is 2.76. The van der Waals surface area contributed by atoms with Crippen LogP contribution < -0.4 is 4.74 Å². The number of methoxy groups -OCH3 is 1. The molecular formula is C25H28F6N2O4S. The van der Waals surface area contributed by atoms with Gasteiger partial charge in [0.2, 0.25) is 10.0 Å². The Morgan fingerprint density at radius 1 is 0.947 bits per heavy atom. The van der Waals surface area contributed by atoms with E-state index < -0.39 is 33.5 Å². The fourth-order valence-corrected chi connectivity index (χ4v) is 6.35. The number of rotatable bonds is 7. The number of sulfonamides is 1. The standard InChI is InChI=1S/C25H28F6N2O4S/c1-4-17-9-16(11-32-12-22(13-32)14-33(15-22)38(3,35)36)5-7-19(17)20-8-6-18(10-21(20)37-2)23(34,24(26,27)28)25(29,30)31/h5-10,34H,4,11-15H2,1-3H3. The fraction of sp³-hybridized carbons (Fsp3) is 0.520. The van der Waals surface area contributed by atoms with E-state index >= 15 is 0 Å². The minimum atomic E-state index is -5.99. The fourth-order valence-electron chi connectivity index (χ4n) is 5.34. The minimum absolute atomic E-state index is 0.0134. The SMILES string of the molecule is CCc1cc(CN2CC3(C2)CN(S(C)(=O)=O)C3)ccc1-c1ccc(C(O)(C(F)(F)F)C(F)(F)F)cc1OC. The zero-order valence-corrected chi connectivity index (χ0v) is 21.8. The van der Waals surface area contributed by atoms with E-state index in [1.165, 1.54) is 10.6 Å². The van der Waals surface area contributed by atoms with Crippen molar-refractivity contribution in [1.29, 1.82) is 0 Å². The Morgan fingerprint density at radius 3 is 2.03 bits per heavy atom. The maximum Gasteiger partial charge on any atom is 0.430 e. The molecule has 2 saturated heterocycles. The smallest absolute Gasteiger partial charge is 0.430 e. The Bertz CT molecular complexity index is 1300. The van der Waals surface area contributed by atoms with Crippen LogP contribution >= 0.6 is 0 Å². The molecule has 0 saturated carbocycles. The van der Waals surface area contributed by atoms with Crippen LogP contribution in [0.1, 0.15) is 23.6 Å². The molecule has 0 atom stereocenters. The summed E-state index contributed by atoms with van der Waals surface area (Å²) in [5, 5.41) is 9.76. The zero-order valence-electron chi connectivity index (χ0n) is 20.9. The van der Waals surface area contributed by atoms with Crippen molar-refractivity contribution in [3.63, 3.8) is 0 Å². The molecule has 0 unspecified atom stereocenters. The van der Waals surface area contributed by atoms with Gasteiger partial charge in [-0.2, -0.15) is 26.3 Å². The van der Waals surface area contributed by atoms with Crippen molar-refractivity contribution in [3.05, 3.63) is 53.1 Å². The van der Waals surface area contributed by atoms with E-state index in [0.29, 0.717) is 49.3 Å². The minimum Gasteiger partial charge on any atom is -0.496 e. The first kappa shape index (κ1) is 28.7. The van der Waals surface area contributed by atoms with Gasteiger partial charge in [-0.05, 0) is 29.2 Å². The third-order valence-electron chi connectivity index (χ3n) is 7.30. The van der Waals surface area contributed by atoms with Gasteiger partial charge in [0.25, 0.3) is 5.60 Å². The van der Waals surface area contributed by atoms with Crippen LogP contribution in [0.25, 0.3) is 11.1 Å². The first-order valence-corrected chi connectivity index (χ1v) is 13.6. The molecule has 2 aliphatic heterocycles. The highest BCUT2D eigenvalue weighted by molar-refractivity contribution is 7.88. The van der Waals surface area contributed by atoms with Crippen LogP contribution in [0.4, 0.5) is 26.3 Å². The Kier molecular flexibility index (Phi) is 7.08. The zero-order chi connectivity index (χ0) is 28.3. The lowest BCUT2D eigenvalue weighted by molar-refractivity contribution is -0.376. The average molecular weight is 567 g/mol. The maximum absolute atomic E-state index is 13.3. The summed E-state index contributed by atoms with van der Waals surface area (Å²) < 4.78 is 110. The second-order valence-corrected chi connectivity index (χ2v) is 12.1. The molecule has 2 aromatic rings. The molecule has 2 heterocycles. The van der Waals surface area contributed by atoms with Gasteiger partial charge in [-0.15, -0.1) is 0 Å². The number of hydrogen-bond donors (Lipinski definition) is 1. The number of nitrogens with zero attached hydrogens (tertiary/aromatic N) is 2. The molecule has 0 amide bonds. The normalized spacial score (nSPS) is 18.8. The van der Waals surface area contributed by atoms with E-state index in [1.54, 1.807) is 6.07 Å². The summed E-state index contributed by atoms with van der Waals surface area (Å²) in [4.78, 5) is 2.19. The topological polar surface area (TPSA) is 70.1 Å². The number of ether oxygens (including phenoxy) is 1. The van der Waals surface area contributed by atoms with Crippen LogP contribution in [0, 0.1) is 5.41 Å². The van der Waals surface area contributed by atoms with Crippen LogP contribution in [0.2, 0.25) is 0 Å². The van der Waals surface area contributed by atoms with Crippen LogP contribution in [-0.4, -0.2) is 74.6 Å². The van der Waals surface area contributed by atoms with E-state index in [-0.39, 0.29) is 11.2 Å². The second kappa shape index (κ2) is 9.39. The lowest BCUT2D eigenvalue weighted by Gasteiger charge is -2.59. The Hall–Kier alpha value is -2.35. The summed E-state index contributed by atoms with van der Waals surface area (Å²) >= 11 is 0. The summed E-state index contributed by atoms with van der Waals surface area (Å²) in [7, 11) is -2.05. The number of halogens is 6. The first-order chi connectivity index (χ1) is 17.4. The van der Waals surface area contributed by atoms with Gasteiger partial charge in [-0.25, -0.2) is 12.7 Å². The molecule has 2 fully saturated rings. The predicted molar refractivity (Wildman–Crippen MR) is 128 cm³/mol. The van der Waals surface area contributed by atoms with Gasteiger partial charge in [0, 0.05) is 49.3 Å². The maximum atomic E-state index is 13.3. The summed E-state index contributed by atoms with van der Waals surface area (Å²) in [5.74, 6) is -0.234. The van der Waals surface area contributed by atoms with E-state index in [2.05, 4.69) is 4.90 Å². The third kappa shape index (κ3) is 4.89. The van der Waals surface area contributed by atoms with Crippen molar-refractivity contribution in [1.82, 2.24) is 9.21 Å². The Labute approximate surface area is 216 Å². The summed E-state index contributed by atoms with van der Waals surface area (Å²) in [6, 6.07) is 7.78. The van der Waals surface area contributed by atoms with Crippen LogP contribution in [0.3, 0.4) is 0 Å². The second-order valence-electron chi connectivity index (χ2n) is 10.1. The van der Waals surface area contributed by atoms with E-state index in [4.69, 9.17) is 4.74 Å². The molecule has 210 valence electrons. The number of alkyl halides is 6. The van der Waals surface area contributed by atoms with E-state index in [0.717, 1.165) is 37.4 Å². The number of hydrogen-bond acceptors (Lipinski definition) is 5. The van der Waals surface area contributed by atoms with Crippen molar-refractivity contribution >= 4 is 10.0 Å². The molecule has 1 N–H and O–H groups in total. The monoisotopic (exact) mass is 566 g/mol. The highest BCUT2D eigenvalue weighted by Gasteiger charge is 2.71. The quantitative estimate of drug-likeness (QED) is 0.506. The van der Waals surface area contributed by atoms with Gasteiger partial charge in [0.15, 0.2) is 0 Å². The van der Waals surface area contributed by atoms with E-state index in [9.17, 15) is 39.9 Å². The van der Waals surface area contributed by atoms with Gasteiger partial charge in [0.1, 0.15) is 5.75 Å². The Morgan fingerprint density at radius 2 is 1.53 bits per heavy atom. The van der Waals surface area contributed by atoms with Crippen molar-refractivity contribution in [2.24, 2.45) is 5.41 Å². The molecule has 6 nitrogen and oxygen atoms in total. The third-order valence-corrected chi connectivity index (χ3v) is 8.49. The molecule has 4 rings (SSSR count). The lowest BCUT2D eigenvalue weighted by atomic mass is 9.74. The number of aryl methyl sites for hydroxylation is 1. The van der Waals surface area contributed by atoms with Crippen molar-refractivity contribution in [3.8, 4) is 16.9 Å². The molecule has 1 spiro atoms. The van der Waals surface area contributed by atoms with Crippen LogP contribution in [0.15, 0.2) is 36.4 Å². The largest absolute Gasteiger partial charge is 0.496 e. The number of likely N-dealkylation sites (tertiary alicyclic amines) is 1. The highest BCUT2D eigenvalue weighted by atomic mass is 32.2. The summed E-state index contributed by atoms with van der Waals surface area (Å²) in [5.41, 5.74) is -3.77. The Balaban J connectivity index is 1.56. The van der Waals surface area contributed by atoms with Gasteiger partial charge < -0.3 is 9.84 Å². The summed E-state index contributed by atoms with van der Waals surface area (Å²) in [6.45, 7) is 5.04. The molecular weight excluding hydrogens is 538 g/mol. The van der Waals surface area contributed by atoms with E-state index in [1.807, 2.05) is 19.1 Å². The predicted octanol–water partition coefficient (Wildman–Crippen LogP) is 4.31. The van der Waals surface area contributed by atoms with Crippen molar-refractivity contribution in [2.75, 3.05) is 39.5 Å². The van der Waals surface area contributed by atoms with Crippen molar-refractivity contribution in [2.45, 2.75) is 37.8 Å². The summed E-state index contributed by atoms with van der Waals surface area (Å²) in [6.07, 6.45) is -10.3. The van der Waals surface area contributed by atoms with Gasteiger partial charge in [-0.3, -0.25) is 4.90 Å². The number of aliphatic hydroxyl groups is 1. The van der Waals surface area contributed by atoms with Gasteiger partial charge >= 0.3 is 12.4 Å². The number of benzene rings is 2. The molecule has 2 aliphatic rings. The van der Waals surface area contributed by atoms with Crippen molar-refractivity contribution < 1.29 is 44.6 Å². The molecule has 38 heavy (non-hydrogen) atoms. The lowest BCUT2D eigenvalue weighted by Crippen LogP contribution is -2.72. The molecule has 2 aromatic carbocycles. The highest BCUT2D eigenvalue weighted by Crippen LogP contribution is 2.51. The molecule has 0 aromatic heterocycles. The van der Waals surface area contributed by atoms with Gasteiger partial charge in [-0.1, -0.05) is 37.3 Å².